The van der Waals surface area contributed by atoms with E-state index in [9.17, 15) is 4.79 Å². The topological polar surface area (TPSA) is 61.6 Å². The monoisotopic (exact) mass is 380 g/mol. The van der Waals surface area contributed by atoms with Gasteiger partial charge in [0.15, 0.2) is 5.76 Å². The van der Waals surface area contributed by atoms with Crippen molar-refractivity contribution in [3.63, 3.8) is 0 Å². The number of hydrogen-bond acceptors (Lipinski definition) is 5. The van der Waals surface area contributed by atoms with Crippen molar-refractivity contribution in [3.05, 3.63) is 42.4 Å². The van der Waals surface area contributed by atoms with Crippen molar-refractivity contribution in [3.8, 4) is 11.3 Å². The number of oxazole rings is 1. The van der Waals surface area contributed by atoms with Crippen LogP contribution >= 0.6 is 0 Å². The molecule has 1 amide bonds. The highest BCUT2D eigenvalue weighted by atomic mass is 16.4. The average Bonchev–Trinajstić information content (AvgIpc) is 3.22. The molecule has 5 rings (SSSR count). The summed E-state index contributed by atoms with van der Waals surface area (Å²) in [6.45, 7) is 6.24. The first-order chi connectivity index (χ1) is 13.7. The Morgan fingerprint density at radius 3 is 2.64 bits per heavy atom. The third-order valence-electron chi connectivity index (χ3n) is 6.74. The van der Waals surface area contributed by atoms with Crippen molar-refractivity contribution in [2.75, 3.05) is 39.3 Å². The molecule has 148 valence electrons. The first kappa shape index (κ1) is 17.9. The molecule has 0 radical (unpaired) electrons. The van der Waals surface area contributed by atoms with Crippen molar-refractivity contribution >= 4 is 5.91 Å². The first-order valence-corrected chi connectivity index (χ1v) is 10.5. The van der Waals surface area contributed by atoms with Crippen LogP contribution in [-0.4, -0.2) is 60.0 Å². The van der Waals surface area contributed by atoms with Crippen LogP contribution in [0.1, 0.15) is 25.2 Å². The lowest BCUT2D eigenvalue weighted by atomic mass is 9.91. The number of carbonyl (C=O) groups excluding carboxylic acids is 1. The summed E-state index contributed by atoms with van der Waals surface area (Å²) in [7, 11) is 0. The second kappa shape index (κ2) is 7.33. The van der Waals surface area contributed by atoms with Crippen molar-refractivity contribution in [1.82, 2.24) is 20.1 Å². The van der Waals surface area contributed by atoms with Gasteiger partial charge in [-0.15, -0.1) is 0 Å². The number of nitrogens with one attached hydrogen (secondary N) is 1. The molecule has 1 aromatic carbocycles. The van der Waals surface area contributed by atoms with Gasteiger partial charge in [-0.25, -0.2) is 4.98 Å². The maximum absolute atomic E-state index is 12.9. The summed E-state index contributed by atoms with van der Waals surface area (Å²) in [5.74, 6) is 2.23. The molecule has 2 aliphatic heterocycles. The maximum atomic E-state index is 12.9. The lowest BCUT2D eigenvalue weighted by molar-refractivity contribution is -0.135. The molecule has 3 heterocycles. The highest BCUT2D eigenvalue weighted by molar-refractivity contribution is 5.83. The number of benzene rings is 1. The molecule has 1 aromatic heterocycles. The number of amides is 1. The van der Waals surface area contributed by atoms with Gasteiger partial charge in [0.05, 0.1) is 12.7 Å². The highest BCUT2D eigenvalue weighted by Gasteiger charge is 2.58. The third kappa shape index (κ3) is 3.47. The molecule has 1 N–H and O–H groups in total. The Balaban J connectivity index is 1.13. The van der Waals surface area contributed by atoms with Crippen molar-refractivity contribution in [2.24, 2.45) is 11.3 Å². The van der Waals surface area contributed by atoms with E-state index in [1.54, 1.807) is 6.20 Å². The van der Waals surface area contributed by atoms with Gasteiger partial charge in [-0.1, -0.05) is 30.3 Å². The smallest absolute Gasteiger partial charge is 0.226 e. The number of piperazine rings is 1. The molecular weight excluding hydrogens is 352 g/mol. The van der Waals surface area contributed by atoms with Gasteiger partial charge in [0.25, 0.3) is 0 Å². The van der Waals surface area contributed by atoms with Crippen LogP contribution in [0.3, 0.4) is 0 Å². The van der Waals surface area contributed by atoms with Gasteiger partial charge in [0.1, 0.15) is 0 Å². The molecule has 28 heavy (non-hydrogen) atoms. The molecule has 6 nitrogen and oxygen atoms in total. The second-order valence-corrected chi connectivity index (χ2v) is 8.45. The summed E-state index contributed by atoms with van der Waals surface area (Å²) in [6, 6.07) is 10.1. The van der Waals surface area contributed by atoms with Gasteiger partial charge >= 0.3 is 0 Å². The third-order valence-corrected chi connectivity index (χ3v) is 6.74. The number of aromatic nitrogens is 1. The van der Waals surface area contributed by atoms with Crippen LogP contribution in [0.4, 0.5) is 0 Å². The van der Waals surface area contributed by atoms with Gasteiger partial charge in [0, 0.05) is 37.7 Å². The molecule has 1 saturated carbocycles. The van der Waals surface area contributed by atoms with Crippen LogP contribution in [0.2, 0.25) is 0 Å². The number of carbonyl (C=O) groups is 1. The molecule has 3 fully saturated rings. The first-order valence-electron chi connectivity index (χ1n) is 10.5. The van der Waals surface area contributed by atoms with Gasteiger partial charge in [-0.3, -0.25) is 9.69 Å². The van der Waals surface area contributed by atoms with Crippen LogP contribution < -0.4 is 5.32 Å². The van der Waals surface area contributed by atoms with Gasteiger partial charge < -0.3 is 14.6 Å². The molecule has 0 bridgehead atoms. The van der Waals surface area contributed by atoms with Crippen molar-refractivity contribution < 1.29 is 9.21 Å². The van der Waals surface area contributed by atoms with E-state index in [0.717, 1.165) is 75.7 Å². The molecule has 1 spiro atoms. The molecule has 1 aliphatic carbocycles. The minimum atomic E-state index is 0.279. The Morgan fingerprint density at radius 2 is 1.89 bits per heavy atom. The van der Waals surface area contributed by atoms with Gasteiger partial charge in [-0.05, 0) is 37.8 Å². The highest BCUT2D eigenvalue weighted by Crippen LogP contribution is 2.59. The Bertz CT molecular complexity index is 820. The van der Waals surface area contributed by atoms with E-state index in [-0.39, 0.29) is 5.92 Å². The minimum Gasteiger partial charge on any atom is -0.439 e. The molecule has 1 unspecified atom stereocenters. The molecule has 2 aromatic rings. The predicted octanol–water partition coefficient (Wildman–Crippen LogP) is 2.38. The van der Waals surface area contributed by atoms with Gasteiger partial charge in [-0.2, -0.15) is 0 Å². The van der Waals surface area contributed by atoms with E-state index < -0.39 is 0 Å². The van der Waals surface area contributed by atoms with Crippen molar-refractivity contribution in [1.29, 1.82) is 0 Å². The van der Waals surface area contributed by atoms with E-state index in [1.165, 1.54) is 0 Å². The summed E-state index contributed by atoms with van der Waals surface area (Å²) >= 11 is 0. The normalized spacial score (nSPS) is 24.4. The summed E-state index contributed by atoms with van der Waals surface area (Å²) in [5, 5.41) is 3.41. The SMILES string of the molecule is O=C(C1CC12CCNCC2)N1CCN(Cc2ncc(-c3ccccc3)o2)CC1. The van der Waals surface area contributed by atoms with Crippen LogP contribution in [-0.2, 0) is 11.3 Å². The fourth-order valence-electron chi connectivity index (χ4n) is 4.83. The number of rotatable bonds is 4. The van der Waals surface area contributed by atoms with E-state index >= 15 is 0 Å². The fourth-order valence-corrected chi connectivity index (χ4v) is 4.83. The quantitative estimate of drug-likeness (QED) is 0.882. The molecule has 1 atom stereocenters. The maximum Gasteiger partial charge on any atom is 0.226 e. The number of hydrogen-bond donors (Lipinski definition) is 1. The predicted molar refractivity (Wildman–Crippen MR) is 106 cm³/mol. The van der Waals surface area contributed by atoms with Crippen LogP contribution in [0.15, 0.2) is 40.9 Å². The Morgan fingerprint density at radius 1 is 1.14 bits per heavy atom. The molecule has 2 saturated heterocycles. The van der Waals surface area contributed by atoms with Crippen molar-refractivity contribution in [2.45, 2.75) is 25.8 Å². The van der Waals surface area contributed by atoms with E-state index in [2.05, 4.69) is 20.1 Å². The summed E-state index contributed by atoms with van der Waals surface area (Å²) in [4.78, 5) is 21.8. The standard InChI is InChI=1S/C22H28N4O2/c27-21(18-14-22(18)6-8-23-9-7-22)26-12-10-25(11-13-26)16-20-24-15-19(28-20)17-4-2-1-3-5-17/h1-5,15,18,23H,6-14,16H2. The lowest BCUT2D eigenvalue weighted by Crippen LogP contribution is -2.49. The van der Waals surface area contributed by atoms with Crippen LogP contribution in [0.5, 0.6) is 0 Å². The zero-order valence-electron chi connectivity index (χ0n) is 16.3. The van der Waals surface area contributed by atoms with Crippen LogP contribution in [0.25, 0.3) is 11.3 Å². The number of piperidine rings is 1. The number of nitrogens with zero attached hydrogens (tertiary/aromatic N) is 3. The Labute approximate surface area is 165 Å². The Hall–Kier alpha value is -2.18. The average molecular weight is 380 g/mol. The zero-order valence-corrected chi connectivity index (χ0v) is 16.3. The lowest BCUT2D eigenvalue weighted by Gasteiger charge is -2.35. The van der Waals surface area contributed by atoms with Crippen LogP contribution in [0, 0.1) is 11.3 Å². The largest absolute Gasteiger partial charge is 0.439 e. The summed E-state index contributed by atoms with van der Waals surface area (Å²) < 4.78 is 5.93. The van der Waals surface area contributed by atoms with Gasteiger partial charge in [0.2, 0.25) is 11.8 Å². The van der Waals surface area contributed by atoms with E-state index in [4.69, 9.17) is 4.42 Å². The van der Waals surface area contributed by atoms with E-state index in [0.29, 0.717) is 17.9 Å². The molecule has 6 heteroatoms. The summed E-state index contributed by atoms with van der Waals surface area (Å²) in [6.07, 6.45) is 5.23. The molecule has 3 aliphatic rings. The zero-order chi connectivity index (χ0) is 19.0. The second-order valence-electron chi connectivity index (χ2n) is 8.45. The molecular formula is C22H28N4O2. The van der Waals surface area contributed by atoms with E-state index in [1.807, 2.05) is 30.3 Å². The summed E-state index contributed by atoms with van der Waals surface area (Å²) in [5.41, 5.74) is 1.37. The fraction of sp³-hybridized carbons (Fsp3) is 0.545. The Kier molecular flexibility index (Phi) is 4.69. The minimum absolute atomic E-state index is 0.279.